The molecule has 0 spiro atoms. The maximum atomic E-state index is 14.3. The first-order valence-corrected chi connectivity index (χ1v) is 10.3. The van der Waals surface area contributed by atoms with Gasteiger partial charge in [0.15, 0.2) is 5.11 Å². The van der Waals surface area contributed by atoms with E-state index < -0.39 is 5.97 Å². The predicted octanol–water partition coefficient (Wildman–Crippen LogP) is 3.14. The number of carbonyl (C=O) groups is 1. The average molecular weight is 432 g/mol. The van der Waals surface area contributed by atoms with Gasteiger partial charge in [-0.3, -0.25) is 4.90 Å². The molecule has 1 aliphatic rings. The SMILES string of the molecule is COC(=O)c1ccccc1NC(=S)N(CCN1CCOCC1)Cc1ccccc1F. The fourth-order valence-corrected chi connectivity index (χ4v) is 3.51. The number of esters is 1. The third-order valence-corrected chi connectivity index (χ3v) is 5.33. The van der Waals surface area contributed by atoms with Crippen molar-refractivity contribution in [2.45, 2.75) is 6.54 Å². The molecule has 0 saturated carbocycles. The van der Waals surface area contributed by atoms with Gasteiger partial charge in [0.25, 0.3) is 0 Å². The quantitative estimate of drug-likeness (QED) is 0.534. The predicted molar refractivity (Wildman–Crippen MR) is 118 cm³/mol. The van der Waals surface area contributed by atoms with Gasteiger partial charge in [-0.05, 0) is 30.4 Å². The van der Waals surface area contributed by atoms with Crippen LogP contribution in [-0.4, -0.2) is 67.4 Å². The van der Waals surface area contributed by atoms with Gasteiger partial charge in [-0.2, -0.15) is 0 Å². The fourth-order valence-electron chi connectivity index (χ4n) is 3.25. The number of morpholine rings is 1. The van der Waals surface area contributed by atoms with Crippen molar-refractivity contribution in [1.82, 2.24) is 9.80 Å². The first-order valence-electron chi connectivity index (χ1n) is 9.85. The third kappa shape index (κ3) is 5.98. The molecular formula is C22H26FN3O3S. The molecule has 2 aromatic carbocycles. The van der Waals surface area contributed by atoms with Crippen molar-refractivity contribution in [3.05, 3.63) is 65.5 Å². The molecule has 0 amide bonds. The number of nitrogens with zero attached hydrogens (tertiary/aromatic N) is 2. The second-order valence-corrected chi connectivity index (χ2v) is 7.32. The number of para-hydroxylation sites is 1. The highest BCUT2D eigenvalue weighted by Gasteiger charge is 2.18. The molecule has 2 aromatic rings. The molecule has 1 N–H and O–H groups in total. The maximum absolute atomic E-state index is 14.3. The number of halogens is 1. The lowest BCUT2D eigenvalue weighted by Gasteiger charge is -2.31. The number of nitrogens with one attached hydrogen (secondary N) is 1. The van der Waals surface area contributed by atoms with Gasteiger partial charge in [0, 0.05) is 38.3 Å². The molecule has 0 atom stereocenters. The summed E-state index contributed by atoms with van der Waals surface area (Å²) in [6.45, 7) is 4.85. The van der Waals surface area contributed by atoms with E-state index in [2.05, 4.69) is 10.2 Å². The molecule has 1 aliphatic heterocycles. The summed E-state index contributed by atoms with van der Waals surface area (Å²) in [4.78, 5) is 16.3. The Kier molecular flexibility index (Phi) is 8.12. The summed E-state index contributed by atoms with van der Waals surface area (Å²) in [5.74, 6) is -0.721. The molecule has 0 aliphatic carbocycles. The van der Waals surface area contributed by atoms with Crippen LogP contribution in [0.15, 0.2) is 48.5 Å². The number of hydrogen-bond donors (Lipinski definition) is 1. The lowest BCUT2D eigenvalue weighted by Crippen LogP contribution is -2.44. The molecule has 160 valence electrons. The zero-order valence-electron chi connectivity index (χ0n) is 17.0. The summed E-state index contributed by atoms with van der Waals surface area (Å²) < 4.78 is 24.5. The van der Waals surface area contributed by atoms with Crippen molar-refractivity contribution in [3.63, 3.8) is 0 Å². The van der Waals surface area contributed by atoms with Crippen molar-refractivity contribution in [1.29, 1.82) is 0 Å². The van der Waals surface area contributed by atoms with Gasteiger partial charge in [-0.1, -0.05) is 30.3 Å². The highest BCUT2D eigenvalue weighted by atomic mass is 32.1. The highest BCUT2D eigenvalue weighted by Crippen LogP contribution is 2.18. The summed E-state index contributed by atoms with van der Waals surface area (Å²) >= 11 is 5.65. The van der Waals surface area contributed by atoms with Crippen LogP contribution < -0.4 is 5.32 Å². The van der Waals surface area contributed by atoms with Crippen molar-refractivity contribution >= 4 is 29.0 Å². The molecule has 3 rings (SSSR count). The lowest BCUT2D eigenvalue weighted by molar-refractivity contribution is 0.0358. The molecule has 8 heteroatoms. The number of anilines is 1. The Morgan fingerprint density at radius 2 is 1.90 bits per heavy atom. The van der Waals surface area contributed by atoms with Crippen LogP contribution in [0.1, 0.15) is 15.9 Å². The fraction of sp³-hybridized carbons (Fsp3) is 0.364. The molecule has 30 heavy (non-hydrogen) atoms. The third-order valence-electron chi connectivity index (χ3n) is 4.97. The van der Waals surface area contributed by atoms with Crippen molar-refractivity contribution in [2.24, 2.45) is 0 Å². The van der Waals surface area contributed by atoms with Gasteiger partial charge in [0.1, 0.15) is 5.82 Å². The number of ether oxygens (including phenoxy) is 2. The van der Waals surface area contributed by atoms with Gasteiger partial charge in [-0.25, -0.2) is 9.18 Å². The number of rotatable bonds is 7. The first-order chi connectivity index (χ1) is 14.6. The second-order valence-electron chi connectivity index (χ2n) is 6.93. The molecule has 1 heterocycles. The summed E-state index contributed by atoms with van der Waals surface area (Å²) in [6, 6.07) is 13.7. The van der Waals surface area contributed by atoms with Crippen LogP contribution in [0.5, 0.6) is 0 Å². The van der Waals surface area contributed by atoms with E-state index in [-0.39, 0.29) is 5.82 Å². The maximum Gasteiger partial charge on any atom is 0.339 e. The normalized spacial score (nSPS) is 14.2. The second kappa shape index (κ2) is 11.0. The topological polar surface area (TPSA) is 54.0 Å². The Bertz CT molecular complexity index is 874. The number of carbonyl (C=O) groups excluding carboxylic acids is 1. The Morgan fingerprint density at radius 1 is 1.20 bits per heavy atom. The van der Waals surface area contributed by atoms with Crippen LogP contribution in [0.3, 0.4) is 0 Å². The summed E-state index contributed by atoms with van der Waals surface area (Å²) in [5, 5.41) is 3.56. The molecule has 0 unspecified atom stereocenters. The first kappa shape index (κ1) is 22.1. The van der Waals surface area contributed by atoms with Crippen LogP contribution >= 0.6 is 12.2 Å². The zero-order valence-corrected chi connectivity index (χ0v) is 17.8. The average Bonchev–Trinajstić information content (AvgIpc) is 2.78. The Labute approximate surface area is 181 Å². The standard InChI is InChI=1S/C22H26FN3O3S/c1-28-21(27)18-7-3-5-9-20(18)24-22(30)26(11-10-25-12-14-29-15-13-25)16-17-6-2-4-8-19(17)23/h2-9H,10-16H2,1H3,(H,24,30). The molecule has 6 nitrogen and oxygen atoms in total. The van der Waals surface area contributed by atoms with Gasteiger partial charge in [0.2, 0.25) is 0 Å². The summed E-state index contributed by atoms with van der Waals surface area (Å²) in [5.41, 5.74) is 1.51. The molecule has 0 aromatic heterocycles. The Balaban J connectivity index is 1.75. The van der Waals surface area contributed by atoms with Crippen LogP contribution in [0.25, 0.3) is 0 Å². The van der Waals surface area contributed by atoms with Gasteiger partial charge >= 0.3 is 5.97 Å². The van der Waals surface area contributed by atoms with Crippen molar-refractivity contribution < 1.29 is 18.7 Å². The Morgan fingerprint density at radius 3 is 2.63 bits per heavy atom. The molecular weight excluding hydrogens is 405 g/mol. The van der Waals surface area contributed by atoms with E-state index in [1.54, 1.807) is 30.3 Å². The number of thiocarbonyl (C=S) groups is 1. The van der Waals surface area contributed by atoms with E-state index in [0.717, 1.165) is 19.6 Å². The largest absolute Gasteiger partial charge is 0.465 e. The van der Waals surface area contributed by atoms with Crippen molar-refractivity contribution in [2.75, 3.05) is 51.8 Å². The van der Waals surface area contributed by atoms with E-state index in [9.17, 15) is 9.18 Å². The Hall–Kier alpha value is -2.55. The smallest absolute Gasteiger partial charge is 0.339 e. The number of methoxy groups -OCH3 is 1. The van der Waals surface area contributed by atoms with Crippen LogP contribution in [0, 0.1) is 5.82 Å². The van der Waals surface area contributed by atoms with Gasteiger partial charge in [0.05, 0.1) is 31.6 Å². The van der Waals surface area contributed by atoms with Gasteiger partial charge in [-0.15, -0.1) is 0 Å². The number of hydrogen-bond acceptors (Lipinski definition) is 5. The molecule has 0 radical (unpaired) electrons. The van der Waals surface area contributed by atoms with E-state index in [1.807, 2.05) is 17.0 Å². The van der Waals surface area contributed by atoms with Crippen LogP contribution in [0.4, 0.5) is 10.1 Å². The van der Waals surface area contributed by atoms with Crippen LogP contribution in [0.2, 0.25) is 0 Å². The summed E-state index contributed by atoms with van der Waals surface area (Å²) in [6.07, 6.45) is 0. The van der Waals surface area contributed by atoms with E-state index in [1.165, 1.54) is 13.2 Å². The highest BCUT2D eigenvalue weighted by molar-refractivity contribution is 7.80. The zero-order chi connectivity index (χ0) is 21.3. The lowest BCUT2D eigenvalue weighted by atomic mass is 10.2. The minimum Gasteiger partial charge on any atom is -0.465 e. The molecule has 1 fully saturated rings. The van der Waals surface area contributed by atoms with Crippen LogP contribution in [-0.2, 0) is 16.0 Å². The molecule has 0 bridgehead atoms. The minimum atomic E-state index is -0.449. The summed E-state index contributed by atoms with van der Waals surface area (Å²) in [7, 11) is 1.34. The monoisotopic (exact) mass is 431 g/mol. The minimum absolute atomic E-state index is 0.272. The van der Waals surface area contributed by atoms with E-state index in [4.69, 9.17) is 21.7 Å². The molecule has 1 saturated heterocycles. The van der Waals surface area contributed by atoms with Crippen molar-refractivity contribution in [3.8, 4) is 0 Å². The van der Waals surface area contributed by atoms with Gasteiger partial charge < -0.3 is 19.7 Å². The van der Waals surface area contributed by atoms with E-state index >= 15 is 0 Å². The number of benzene rings is 2. The van der Waals surface area contributed by atoms with E-state index in [0.29, 0.717) is 48.2 Å².